The van der Waals surface area contributed by atoms with Gasteiger partial charge in [-0.05, 0) is 31.2 Å². The second kappa shape index (κ2) is 7.05. The van der Waals surface area contributed by atoms with Crippen molar-refractivity contribution >= 4 is 11.8 Å². The normalized spacial score (nSPS) is 10.8. The van der Waals surface area contributed by atoms with Gasteiger partial charge in [-0.15, -0.1) is 0 Å². The summed E-state index contributed by atoms with van der Waals surface area (Å²) in [5, 5.41) is 5.35. The third kappa shape index (κ3) is 4.31. The highest BCUT2D eigenvalue weighted by molar-refractivity contribution is 5.96. The molecule has 106 valence electrons. The van der Waals surface area contributed by atoms with Crippen LogP contribution in [0.5, 0.6) is 0 Å². The predicted molar refractivity (Wildman–Crippen MR) is 81.6 cm³/mol. The molecule has 0 saturated carbocycles. The number of nitrogens with one attached hydrogen (secondary N) is 2. The molecular weight excluding hydrogens is 264 g/mol. The molecule has 0 fully saturated rings. The van der Waals surface area contributed by atoms with E-state index in [0.29, 0.717) is 16.8 Å². The van der Waals surface area contributed by atoms with Gasteiger partial charge >= 0.3 is 0 Å². The van der Waals surface area contributed by atoms with Crippen molar-refractivity contribution in [1.29, 1.82) is 0 Å². The summed E-state index contributed by atoms with van der Waals surface area (Å²) in [4.78, 5) is 23.7. The lowest BCUT2D eigenvalue weighted by atomic mass is 10.2. The van der Waals surface area contributed by atoms with Gasteiger partial charge in [0, 0.05) is 23.0 Å². The Morgan fingerprint density at radius 1 is 0.810 bits per heavy atom. The molecule has 0 heterocycles. The van der Waals surface area contributed by atoms with Crippen LogP contribution >= 0.6 is 0 Å². The molecule has 2 aromatic rings. The Morgan fingerprint density at radius 2 is 1.29 bits per heavy atom. The van der Waals surface area contributed by atoms with Crippen molar-refractivity contribution in [3.8, 4) is 0 Å². The fourth-order valence-electron chi connectivity index (χ4n) is 1.72. The Kier molecular flexibility index (Phi) is 4.88. The van der Waals surface area contributed by atoms with Gasteiger partial charge in [-0.2, -0.15) is 0 Å². The highest BCUT2D eigenvalue weighted by atomic mass is 16.2. The van der Waals surface area contributed by atoms with Crippen molar-refractivity contribution in [2.45, 2.75) is 6.92 Å². The molecule has 0 atom stereocenters. The first-order valence-electron chi connectivity index (χ1n) is 6.56. The number of carbonyl (C=O) groups is 2. The topological polar surface area (TPSA) is 58.2 Å². The third-order valence-corrected chi connectivity index (χ3v) is 2.80. The zero-order valence-corrected chi connectivity index (χ0v) is 11.7. The smallest absolute Gasteiger partial charge is 0.255 e. The van der Waals surface area contributed by atoms with E-state index in [2.05, 4.69) is 10.6 Å². The predicted octanol–water partition coefficient (Wildman–Crippen LogP) is 2.71. The summed E-state index contributed by atoms with van der Waals surface area (Å²) in [5.74, 6) is -0.428. The van der Waals surface area contributed by atoms with Crippen LogP contribution in [0, 0.1) is 0 Å². The van der Waals surface area contributed by atoms with E-state index >= 15 is 0 Å². The Labute approximate surface area is 123 Å². The molecule has 2 aromatic carbocycles. The van der Waals surface area contributed by atoms with Crippen LogP contribution in [-0.4, -0.2) is 11.8 Å². The third-order valence-electron chi connectivity index (χ3n) is 2.80. The van der Waals surface area contributed by atoms with Gasteiger partial charge in [0.15, 0.2) is 0 Å². The van der Waals surface area contributed by atoms with E-state index in [-0.39, 0.29) is 11.8 Å². The van der Waals surface area contributed by atoms with Crippen molar-refractivity contribution in [3.05, 3.63) is 83.7 Å². The molecule has 2 rings (SSSR count). The largest absolute Gasteiger partial charge is 0.327 e. The first kappa shape index (κ1) is 14.5. The van der Waals surface area contributed by atoms with Crippen LogP contribution in [0.25, 0.3) is 0 Å². The molecule has 0 aliphatic heterocycles. The number of benzene rings is 2. The fourth-order valence-corrected chi connectivity index (χ4v) is 1.72. The van der Waals surface area contributed by atoms with Gasteiger partial charge in [0.25, 0.3) is 11.8 Å². The maximum absolute atomic E-state index is 11.9. The quantitative estimate of drug-likeness (QED) is 0.904. The second-order valence-corrected chi connectivity index (χ2v) is 4.49. The van der Waals surface area contributed by atoms with E-state index in [1.165, 1.54) is 6.20 Å². The van der Waals surface area contributed by atoms with E-state index in [9.17, 15) is 9.59 Å². The molecule has 0 unspecified atom stereocenters. The lowest BCUT2D eigenvalue weighted by molar-refractivity contribution is 0.0952. The van der Waals surface area contributed by atoms with Gasteiger partial charge in [0.05, 0.1) is 0 Å². The minimum Gasteiger partial charge on any atom is -0.327 e. The summed E-state index contributed by atoms with van der Waals surface area (Å²) in [6.45, 7) is 1.71. The Morgan fingerprint density at radius 3 is 1.81 bits per heavy atom. The average Bonchev–Trinajstić information content (AvgIpc) is 2.54. The van der Waals surface area contributed by atoms with Crippen molar-refractivity contribution < 1.29 is 9.59 Å². The van der Waals surface area contributed by atoms with Crippen molar-refractivity contribution in [1.82, 2.24) is 10.6 Å². The minimum atomic E-state index is -0.219. The summed E-state index contributed by atoms with van der Waals surface area (Å²) >= 11 is 0. The number of rotatable bonds is 4. The van der Waals surface area contributed by atoms with Crippen LogP contribution in [0.15, 0.2) is 72.6 Å². The minimum absolute atomic E-state index is 0.210. The molecule has 4 nitrogen and oxygen atoms in total. The second-order valence-electron chi connectivity index (χ2n) is 4.49. The number of hydrogen-bond donors (Lipinski definition) is 2. The van der Waals surface area contributed by atoms with Gasteiger partial charge in [0.2, 0.25) is 0 Å². The summed E-state index contributed by atoms with van der Waals surface area (Å²) in [6.07, 6.45) is 1.48. The average molecular weight is 280 g/mol. The molecule has 0 bridgehead atoms. The summed E-state index contributed by atoms with van der Waals surface area (Å²) < 4.78 is 0. The van der Waals surface area contributed by atoms with Gasteiger partial charge in [-0.1, -0.05) is 36.4 Å². The molecule has 0 aliphatic carbocycles. The van der Waals surface area contributed by atoms with Gasteiger partial charge in [-0.3, -0.25) is 9.59 Å². The van der Waals surface area contributed by atoms with Crippen LogP contribution in [0.3, 0.4) is 0 Å². The summed E-state index contributed by atoms with van der Waals surface area (Å²) in [6, 6.07) is 17.8. The lowest BCUT2D eigenvalue weighted by Crippen LogP contribution is -2.25. The van der Waals surface area contributed by atoms with E-state index in [1.807, 2.05) is 12.1 Å². The summed E-state index contributed by atoms with van der Waals surface area (Å²) in [5.41, 5.74) is 1.70. The molecule has 0 saturated heterocycles. The van der Waals surface area contributed by atoms with Crippen LogP contribution in [-0.2, 0) is 0 Å². The lowest BCUT2D eigenvalue weighted by Gasteiger charge is -2.06. The molecule has 0 aromatic heterocycles. The zero-order valence-electron chi connectivity index (χ0n) is 11.7. The van der Waals surface area contributed by atoms with E-state index in [4.69, 9.17) is 0 Å². The van der Waals surface area contributed by atoms with Crippen molar-refractivity contribution in [2.24, 2.45) is 0 Å². The molecule has 4 heteroatoms. The van der Waals surface area contributed by atoms with Crippen LogP contribution in [0.4, 0.5) is 0 Å². The van der Waals surface area contributed by atoms with Crippen molar-refractivity contribution in [3.63, 3.8) is 0 Å². The monoisotopic (exact) mass is 280 g/mol. The number of allylic oxidation sites excluding steroid dienone is 1. The van der Waals surface area contributed by atoms with Gasteiger partial charge < -0.3 is 10.6 Å². The molecule has 0 radical (unpaired) electrons. The zero-order chi connectivity index (χ0) is 15.1. The number of carbonyl (C=O) groups excluding carboxylic acids is 2. The highest BCUT2D eigenvalue weighted by Gasteiger charge is 2.05. The Bertz CT molecular complexity index is 649. The molecule has 2 N–H and O–H groups in total. The molecule has 2 amide bonds. The molecular formula is C17H16N2O2. The maximum Gasteiger partial charge on any atom is 0.255 e. The maximum atomic E-state index is 11.9. The van der Waals surface area contributed by atoms with E-state index < -0.39 is 0 Å². The number of amides is 2. The number of hydrogen-bond acceptors (Lipinski definition) is 2. The standard InChI is InChI=1S/C17H16N2O2/c1-13(19-17(21)15-10-6-3-7-11-15)12-18-16(20)14-8-4-2-5-9-14/h2-12H,1H3,(H,18,20)(H,19,21). The van der Waals surface area contributed by atoms with E-state index in [1.54, 1.807) is 55.5 Å². The first-order valence-corrected chi connectivity index (χ1v) is 6.56. The molecule has 0 spiro atoms. The first-order chi connectivity index (χ1) is 10.2. The van der Waals surface area contributed by atoms with E-state index in [0.717, 1.165) is 0 Å². The van der Waals surface area contributed by atoms with Crippen LogP contribution in [0.2, 0.25) is 0 Å². The van der Waals surface area contributed by atoms with Crippen molar-refractivity contribution in [2.75, 3.05) is 0 Å². The Balaban J connectivity index is 1.93. The van der Waals surface area contributed by atoms with Gasteiger partial charge in [-0.25, -0.2) is 0 Å². The molecule has 0 aliphatic rings. The highest BCUT2D eigenvalue weighted by Crippen LogP contribution is 2.00. The van der Waals surface area contributed by atoms with Crippen LogP contribution < -0.4 is 10.6 Å². The summed E-state index contributed by atoms with van der Waals surface area (Å²) in [7, 11) is 0. The van der Waals surface area contributed by atoms with Crippen LogP contribution in [0.1, 0.15) is 27.6 Å². The SMILES string of the molecule is CC(=CNC(=O)c1ccccc1)NC(=O)c1ccccc1. The molecule has 21 heavy (non-hydrogen) atoms. The Hall–Kier alpha value is -2.88. The fraction of sp³-hybridized carbons (Fsp3) is 0.0588. The van der Waals surface area contributed by atoms with Gasteiger partial charge in [0.1, 0.15) is 0 Å².